The zero-order valence-electron chi connectivity index (χ0n) is 12.0. The lowest BCUT2D eigenvalue weighted by molar-refractivity contribution is -0.384. The predicted molar refractivity (Wildman–Crippen MR) is 84.6 cm³/mol. The van der Waals surface area contributed by atoms with Crippen LogP contribution in [0.25, 0.3) is 6.08 Å². The Morgan fingerprint density at radius 2 is 2.14 bits per heavy atom. The quantitative estimate of drug-likeness (QED) is 0.476. The minimum absolute atomic E-state index is 0.00901. The molecule has 0 aliphatic rings. The molecular formula is C14H13ClN4O3. The van der Waals surface area contributed by atoms with Crippen LogP contribution in [0.5, 0.6) is 11.6 Å². The third-order valence-corrected chi connectivity index (χ3v) is 2.90. The Labute approximate surface area is 132 Å². The van der Waals surface area contributed by atoms with Crippen LogP contribution in [0.2, 0.25) is 5.28 Å². The molecule has 114 valence electrons. The van der Waals surface area contributed by atoms with Crippen molar-refractivity contribution >= 4 is 29.2 Å². The van der Waals surface area contributed by atoms with Crippen molar-refractivity contribution in [3.63, 3.8) is 0 Å². The molecule has 2 rings (SSSR count). The molecule has 7 nitrogen and oxygen atoms in total. The van der Waals surface area contributed by atoms with Gasteiger partial charge in [0.2, 0.25) is 11.2 Å². The fourth-order valence-electron chi connectivity index (χ4n) is 1.78. The number of non-ortho nitro benzene ring substituents is 1. The maximum Gasteiger partial charge on any atom is 0.273 e. The summed E-state index contributed by atoms with van der Waals surface area (Å²) in [6.45, 7) is 3.71. The maximum absolute atomic E-state index is 10.8. The van der Waals surface area contributed by atoms with Crippen LogP contribution in [-0.2, 0) is 0 Å². The first-order valence-electron chi connectivity index (χ1n) is 6.22. The van der Waals surface area contributed by atoms with Crippen LogP contribution in [0.1, 0.15) is 5.56 Å². The number of anilines is 1. The van der Waals surface area contributed by atoms with Crippen LogP contribution in [0, 0.1) is 10.1 Å². The molecule has 0 aliphatic carbocycles. The molecule has 8 heteroatoms. The van der Waals surface area contributed by atoms with Crippen molar-refractivity contribution in [1.29, 1.82) is 0 Å². The summed E-state index contributed by atoms with van der Waals surface area (Å²) in [5.41, 5.74) is 0.464. The van der Waals surface area contributed by atoms with Crippen LogP contribution in [0.4, 0.5) is 11.5 Å². The van der Waals surface area contributed by atoms with E-state index >= 15 is 0 Å². The van der Waals surface area contributed by atoms with Crippen molar-refractivity contribution in [2.24, 2.45) is 0 Å². The number of rotatable bonds is 5. The summed E-state index contributed by atoms with van der Waals surface area (Å²) < 4.78 is 5.62. The highest BCUT2D eigenvalue weighted by atomic mass is 35.5. The minimum Gasteiger partial charge on any atom is -0.438 e. The predicted octanol–water partition coefficient (Wildman–Crippen LogP) is 3.54. The molecule has 0 bridgehead atoms. The molecule has 0 atom stereocenters. The van der Waals surface area contributed by atoms with E-state index in [1.165, 1.54) is 18.2 Å². The van der Waals surface area contributed by atoms with Crippen LogP contribution in [-0.4, -0.2) is 29.0 Å². The van der Waals surface area contributed by atoms with E-state index in [1.54, 1.807) is 31.1 Å². The molecule has 1 heterocycles. The molecule has 0 fully saturated rings. The van der Waals surface area contributed by atoms with E-state index in [-0.39, 0.29) is 22.6 Å². The fraction of sp³-hybridized carbons (Fsp3) is 0.143. The van der Waals surface area contributed by atoms with E-state index in [1.807, 2.05) is 0 Å². The molecule has 22 heavy (non-hydrogen) atoms. The number of aromatic nitrogens is 2. The number of hydrogen-bond acceptors (Lipinski definition) is 6. The van der Waals surface area contributed by atoms with Crippen molar-refractivity contribution in [2.45, 2.75) is 0 Å². The molecule has 0 aliphatic heterocycles. The van der Waals surface area contributed by atoms with Crippen molar-refractivity contribution in [2.75, 3.05) is 19.0 Å². The van der Waals surface area contributed by atoms with Gasteiger partial charge < -0.3 is 9.64 Å². The van der Waals surface area contributed by atoms with Crippen molar-refractivity contribution in [3.05, 3.63) is 51.8 Å². The van der Waals surface area contributed by atoms with Gasteiger partial charge >= 0.3 is 0 Å². The van der Waals surface area contributed by atoms with Gasteiger partial charge in [0, 0.05) is 20.2 Å². The number of nitrogens with zero attached hydrogens (tertiary/aromatic N) is 4. The molecule has 0 amide bonds. The molecule has 1 aromatic carbocycles. The highest BCUT2D eigenvalue weighted by Gasteiger charge is 2.16. The largest absolute Gasteiger partial charge is 0.438 e. The number of nitro groups is 1. The summed E-state index contributed by atoms with van der Waals surface area (Å²) >= 11 is 5.90. The van der Waals surface area contributed by atoms with Crippen molar-refractivity contribution in [1.82, 2.24) is 9.97 Å². The Kier molecular flexibility index (Phi) is 4.57. The lowest BCUT2D eigenvalue weighted by atomic mass is 10.2. The second kappa shape index (κ2) is 6.40. The number of halogens is 1. The molecule has 0 saturated heterocycles. The van der Waals surface area contributed by atoms with Gasteiger partial charge in [0.25, 0.3) is 5.69 Å². The average molecular weight is 321 g/mol. The maximum atomic E-state index is 10.8. The van der Waals surface area contributed by atoms with E-state index in [0.717, 1.165) is 0 Å². The smallest absolute Gasteiger partial charge is 0.273 e. The minimum atomic E-state index is -0.501. The third kappa shape index (κ3) is 3.32. The SMILES string of the molecule is C=Cc1c(Oc2cccc([N+](=O)[O-])c2)nc(Cl)nc1N(C)C. The second-order valence-electron chi connectivity index (χ2n) is 4.49. The third-order valence-electron chi connectivity index (χ3n) is 2.73. The van der Waals surface area contributed by atoms with Gasteiger partial charge in [-0.25, -0.2) is 0 Å². The van der Waals surface area contributed by atoms with Gasteiger partial charge in [-0.3, -0.25) is 10.1 Å². The van der Waals surface area contributed by atoms with E-state index in [2.05, 4.69) is 16.5 Å². The zero-order valence-corrected chi connectivity index (χ0v) is 12.7. The summed E-state index contributed by atoms with van der Waals surface area (Å²) in [6.07, 6.45) is 1.54. The summed E-state index contributed by atoms with van der Waals surface area (Å²) in [6, 6.07) is 5.79. The molecule has 0 unspecified atom stereocenters. The first-order chi connectivity index (χ1) is 10.4. The van der Waals surface area contributed by atoms with Gasteiger partial charge in [0.15, 0.2) is 0 Å². The lowest BCUT2D eigenvalue weighted by Gasteiger charge is -2.17. The second-order valence-corrected chi connectivity index (χ2v) is 4.83. The van der Waals surface area contributed by atoms with Gasteiger partial charge in [-0.15, -0.1) is 0 Å². The molecular weight excluding hydrogens is 308 g/mol. The standard InChI is InChI=1S/C14H13ClN4O3/c1-4-11-12(18(2)3)16-14(15)17-13(11)22-10-7-5-6-9(8-10)19(20)21/h4-8H,1H2,2-3H3. The Morgan fingerprint density at radius 3 is 2.73 bits per heavy atom. The summed E-state index contributed by atoms with van der Waals surface area (Å²) in [7, 11) is 3.59. The monoisotopic (exact) mass is 320 g/mol. The lowest BCUT2D eigenvalue weighted by Crippen LogP contribution is -2.13. The summed E-state index contributed by atoms with van der Waals surface area (Å²) in [5, 5.41) is 10.8. The first-order valence-corrected chi connectivity index (χ1v) is 6.59. The van der Waals surface area contributed by atoms with Crippen LogP contribution in [0.15, 0.2) is 30.8 Å². The van der Waals surface area contributed by atoms with E-state index in [9.17, 15) is 10.1 Å². The average Bonchev–Trinajstić information content (AvgIpc) is 2.46. The van der Waals surface area contributed by atoms with Crippen LogP contribution in [0.3, 0.4) is 0 Å². The molecule has 0 saturated carbocycles. The van der Waals surface area contributed by atoms with Crippen LogP contribution < -0.4 is 9.64 Å². The Hall–Kier alpha value is -2.67. The topological polar surface area (TPSA) is 81.4 Å². The number of nitro benzene ring substituents is 1. The number of ether oxygens (including phenoxy) is 1. The normalized spacial score (nSPS) is 10.1. The molecule has 2 aromatic rings. The van der Waals surface area contributed by atoms with Gasteiger partial charge in [0.05, 0.1) is 16.6 Å². The summed E-state index contributed by atoms with van der Waals surface area (Å²) in [4.78, 5) is 20.2. The zero-order chi connectivity index (χ0) is 16.3. The fourth-order valence-corrected chi connectivity index (χ4v) is 1.94. The van der Waals surface area contributed by atoms with Crippen LogP contribution >= 0.6 is 11.6 Å². The first kappa shape index (κ1) is 15.7. The molecule has 0 spiro atoms. The van der Waals surface area contributed by atoms with E-state index in [0.29, 0.717) is 11.4 Å². The molecule has 1 aromatic heterocycles. The highest BCUT2D eigenvalue weighted by molar-refractivity contribution is 6.28. The van der Waals surface area contributed by atoms with E-state index < -0.39 is 4.92 Å². The number of benzene rings is 1. The summed E-state index contributed by atoms with van der Waals surface area (Å²) in [5.74, 6) is 0.992. The van der Waals surface area contributed by atoms with E-state index in [4.69, 9.17) is 16.3 Å². The van der Waals surface area contributed by atoms with Crippen molar-refractivity contribution < 1.29 is 9.66 Å². The van der Waals surface area contributed by atoms with Crippen molar-refractivity contribution in [3.8, 4) is 11.6 Å². The molecule has 0 radical (unpaired) electrons. The van der Waals surface area contributed by atoms with Gasteiger partial charge in [-0.1, -0.05) is 18.7 Å². The Morgan fingerprint density at radius 1 is 1.41 bits per heavy atom. The molecule has 0 N–H and O–H groups in total. The number of hydrogen-bond donors (Lipinski definition) is 0. The van der Waals surface area contributed by atoms with Gasteiger partial charge in [0.1, 0.15) is 11.6 Å². The van der Waals surface area contributed by atoms with Gasteiger partial charge in [-0.05, 0) is 17.7 Å². The Balaban J connectivity index is 2.47. The van der Waals surface area contributed by atoms with Gasteiger partial charge in [-0.2, -0.15) is 9.97 Å². The highest BCUT2D eigenvalue weighted by Crippen LogP contribution is 2.32. The Bertz CT molecular complexity index is 734.